The third-order valence-corrected chi connectivity index (χ3v) is 4.12. The Morgan fingerprint density at radius 2 is 1.95 bits per heavy atom. The molecule has 0 saturated carbocycles. The van der Waals surface area contributed by atoms with Crippen LogP contribution in [0.3, 0.4) is 0 Å². The zero-order valence-electron chi connectivity index (χ0n) is 10.9. The van der Waals surface area contributed by atoms with E-state index in [4.69, 9.17) is 16.3 Å². The number of rotatable bonds is 4. The van der Waals surface area contributed by atoms with Gasteiger partial charge in [0.25, 0.3) is 0 Å². The Morgan fingerprint density at radius 3 is 2.60 bits per heavy atom. The molecule has 0 spiro atoms. The Labute approximate surface area is 126 Å². The van der Waals surface area contributed by atoms with Crippen molar-refractivity contribution in [3.8, 4) is 5.75 Å². The number of benzene rings is 1. The second-order valence-corrected chi connectivity index (χ2v) is 6.11. The smallest absolute Gasteiger partial charge is 0.207 e. The standard InChI is InChI=1S/C13H15ClN4OS/c14-13-17-16-12(20-13)9-19-11-3-1-10(2-4-11)18-7-5-15-6-8-18/h1-4,15H,5-9H2. The SMILES string of the molecule is Clc1nnc(COc2ccc(N3CCNCC3)cc2)s1. The van der Waals surface area contributed by atoms with Gasteiger partial charge in [0.1, 0.15) is 12.4 Å². The second-order valence-electron chi connectivity index (χ2n) is 4.47. The van der Waals surface area contributed by atoms with E-state index in [2.05, 4.69) is 32.5 Å². The Hall–Kier alpha value is -1.37. The average Bonchev–Trinajstić information content (AvgIpc) is 2.92. The van der Waals surface area contributed by atoms with Crippen LogP contribution in [0.2, 0.25) is 4.47 Å². The van der Waals surface area contributed by atoms with Crippen LogP contribution in [-0.4, -0.2) is 36.4 Å². The average molecular weight is 311 g/mol. The fourth-order valence-electron chi connectivity index (χ4n) is 2.11. The molecule has 7 heteroatoms. The maximum atomic E-state index is 5.73. The topological polar surface area (TPSA) is 50.3 Å². The van der Waals surface area contributed by atoms with E-state index in [1.807, 2.05) is 12.1 Å². The number of hydrogen-bond donors (Lipinski definition) is 1. The van der Waals surface area contributed by atoms with Gasteiger partial charge in [0.2, 0.25) is 4.47 Å². The van der Waals surface area contributed by atoms with Gasteiger partial charge in [0, 0.05) is 31.9 Å². The number of halogens is 1. The minimum absolute atomic E-state index is 0.400. The van der Waals surface area contributed by atoms with Gasteiger partial charge in [-0.2, -0.15) is 0 Å². The van der Waals surface area contributed by atoms with Crippen LogP contribution in [0, 0.1) is 0 Å². The summed E-state index contributed by atoms with van der Waals surface area (Å²) in [6.45, 7) is 4.57. The molecule has 0 bridgehead atoms. The lowest BCUT2D eigenvalue weighted by Crippen LogP contribution is -2.43. The van der Waals surface area contributed by atoms with Crippen molar-refractivity contribution in [2.24, 2.45) is 0 Å². The van der Waals surface area contributed by atoms with Gasteiger partial charge in [0.05, 0.1) is 0 Å². The summed E-state index contributed by atoms with van der Waals surface area (Å²) in [5.41, 5.74) is 1.23. The monoisotopic (exact) mass is 310 g/mol. The maximum absolute atomic E-state index is 5.73. The number of aromatic nitrogens is 2. The van der Waals surface area contributed by atoms with Crippen molar-refractivity contribution in [3.63, 3.8) is 0 Å². The molecule has 106 valence electrons. The molecule has 3 rings (SSSR count). The predicted molar refractivity (Wildman–Crippen MR) is 80.8 cm³/mol. The summed E-state index contributed by atoms with van der Waals surface area (Å²) < 4.78 is 6.11. The fraction of sp³-hybridized carbons (Fsp3) is 0.385. The lowest BCUT2D eigenvalue weighted by atomic mass is 10.2. The normalized spacial score (nSPS) is 15.3. The van der Waals surface area contributed by atoms with Crippen LogP contribution in [0.25, 0.3) is 0 Å². The quantitative estimate of drug-likeness (QED) is 0.938. The number of anilines is 1. The van der Waals surface area contributed by atoms with Crippen molar-refractivity contribution in [2.75, 3.05) is 31.1 Å². The first-order valence-corrected chi connectivity index (χ1v) is 7.67. The van der Waals surface area contributed by atoms with Gasteiger partial charge in [-0.1, -0.05) is 11.3 Å². The molecule has 2 heterocycles. The minimum Gasteiger partial charge on any atom is -0.486 e. The summed E-state index contributed by atoms with van der Waals surface area (Å²) in [7, 11) is 0. The largest absolute Gasteiger partial charge is 0.486 e. The molecular weight excluding hydrogens is 296 g/mol. The van der Waals surface area contributed by atoms with Crippen LogP contribution in [0.5, 0.6) is 5.75 Å². The van der Waals surface area contributed by atoms with Crippen molar-refractivity contribution in [1.29, 1.82) is 0 Å². The first-order chi connectivity index (χ1) is 9.81. The molecular formula is C13H15ClN4OS. The zero-order valence-corrected chi connectivity index (χ0v) is 12.5. The summed E-state index contributed by atoms with van der Waals surface area (Å²) in [6.07, 6.45) is 0. The van der Waals surface area contributed by atoms with Crippen LogP contribution in [0.4, 0.5) is 5.69 Å². The molecule has 2 aromatic rings. The zero-order chi connectivity index (χ0) is 13.8. The highest BCUT2D eigenvalue weighted by atomic mass is 35.5. The number of piperazine rings is 1. The molecule has 1 saturated heterocycles. The Balaban J connectivity index is 1.58. The third-order valence-electron chi connectivity index (χ3n) is 3.12. The minimum atomic E-state index is 0.400. The van der Waals surface area contributed by atoms with Crippen LogP contribution >= 0.6 is 22.9 Å². The van der Waals surface area contributed by atoms with Crippen molar-refractivity contribution < 1.29 is 4.74 Å². The summed E-state index contributed by atoms with van der Waals surface area (Å²) in [6, 6.07) is 8.15. The lowest BCUT2D eigenvalue weighted by molar-refractivity contribution is 0.304. The first kappa shape index (κ1) is 13.6. The van der Waals surface area contributed by atoms with E-state index < -0.39 is 0 Å². The van der Waals surface area contributed by atoms with E-state index in [1.54, 1.807) is 0 Å². The highest BCUT2D eigenvalue weighted by Gasteiger charge is 2.10. The van der Waals surface area contributed by atoms with Gasteiger partial charge >= 0.3 is 0 Å². The van der Waals surface area contributed by atoms with E-state index in [0.29, 0.717) is 11.1 Å². The number of ether oxygens (including phenoxy) is 1. The van der Waals surface area contributed by atoms with Crippen molar-refractivity contribution >= 4 is 28.6 Å². The fourth-order valence-corrected chi connectivity index (χ4v) is 2.89. The van der Waals surface area contributed by atoms with Crippen LogP contribution in [0.15, 0.2) is 24.3 Å². The van der Waals surface area contributed by atoms with Crippen LogP contribution < -0.4 is 15.0 Å². The van der Waals surface area contributed by atoms with Crippen LogP contribution in [0.1, 0.15) is 5.01 Å². The molecule has 0 atom stereocenters. The lowest BCUT2D eigenvalue weighted by Gasteiger charge is -2.29. The van der Waals surface area contributed by atoms with E-state index >= 15 is 0 Å². The van der Waals surface area contributed by atoms with Gasteiger partial charge < -0.3 is 15.0 Å². The van der Waals surface area contributed by atoms with Crippen molar-refractivity contribution in [2.45, 2.75) is 6.61 Å². The maximum Gasteiger partial charge on any atom is 0.207 e. The summed E-state index contributed by atoms with van der Waals surface area (Å²) in [4.78, 5) is 2.37. The summed E-state index contributed by atoms with van der Waals surface area (Å²) in [5.74, 6) is 0.829. The van der Waals surface area contributed by atoms with Gasteiger partial charge in [-0.05, 0) is 35.9 Å². The molecule has 1 aliphatic heterocycles. The molecule has 0 aliphatic carbocycles. The molecule has 1 aromatic carbocycles. The molecule has 0 amide bonds. The van der Waals surface area contributed by atoms with Gasteiger partial charge in [-0.25, -0.2) is 0 Å². The molecule has 1 N–H and O–H groups in total. The predicted octanol–water partition coefficient (Wildman–Crippen LogP) is 2.18. The number of hydrogen-bond acceptors (Lipinski definition) is 6. The van der Waals surface area contributed by atoms with Gasteiger partial charge in [0.15, 0.2) is 5.01 Å². The molecule has 1 aliphatic rings. The van der Waals surface area contributed by atoms with Crippen molar-refractivity contribution in [1.82, 2.24) is 15.5 Å². The van der Waals surface area contributed by atoms with Gasteiger partial charge in [-0.3, -0.25) is 0 Å². The van der Waals surface area contributed by atoms with E-state index in [9.17, 15) is 0 Å². The molecule has 20 heavy (non-hydrogen) atoms. The highest BCUT2D eigenvalue weighted by molar-refractivity contribution is 7.15. The van der Waals surface area contributed by atoms with Crippen molar-refractivity contribution in [3.05, 3.63) is 33.7 Å². The first-order valence-electron chi connectivity index (χ1n) is 6.48. The number of nitrogens with zero attached hydrogens (tertiary/aromatic N) is 3. The third kappa shape index (κ3) is 3.39. The molecule has 5 nitrogen and oxygen atoms in total. The van der Waals surface area contributed by atoms with Gasteiger partial charge in [-0.15, -0.1) is 10.2 Å². The molecule has 1 fully saturated rings. The molecule has 0 radical (unpaired) electrons. The second kappa shape index (κ2) is 6.39. The van der Waals surface area contributed by atoms with E-state index in [0.717, 1.165) is 36.9 Å². The molecule has 1 aromatic heterocycles. The van der Waals surface area contributed by atoms with E-state index in [-0.39, 0.29) is 0 Å². The van der Waals surface area contributed by atoms with E-state index in [1.165, 1.54) is 17.0 Å². The highest BCUT2D eigenvalue weighted by Crippen LogP contribution is 2.21. The Morgan fingerprint density at radius 1 is 1.20 bits per heavy atom. The Bertz CT molecular complexity index is 554. The summed E-state index contributed by atoms with van der Waals surface area (Å²) >= 11 is 7.06. The number of nitrogens with one attached hydrogen (secondary N) is 1. The summed E-state index contributed by atoms with van der Waals surface area (Å²) in [5, 5.41) is 11.8. The Kier molecular flexibility index (Phi) is 4.34. The van der Waals surface area contributed by atoms with Crippen LogP contribution in [-0.2, 0) is 6.61 Å². The molecule has 0 unspecified atom stereocenters.